The first kappa shape index (κ1) is 7.85. The summed E-state index contributed by atoms with van der Waals surface area (Å²) in [6, 6.07) is 0. The molecule has 0 aromatic heterocycles. The van der Waals surface area contributed by atoms with Crippen LogP contribution in [0.4, 0.5) is 4.39 Å². The molecule has 1 aliphatic rings. The lowest BCUT2D eigenvalue weighted by Crippen LogP contribution is -2.08. The Labute approximate surface area is 64.1 Å². The normalized spacial score (nSPS) is 16.5. The van der Waals surface area contributed by atoms with Crippen molar-refractivity contribution in [2.45, 2.75) is 12.8 Å². The number of rotatable bonds is 2. The van der Waals surface area contributed by atoms with Crippen LogP contribution in [0.25, 0.3) is 0 Å². The van der Waals surface area contributed by atoms with Gasteiger partial charge in [-0.15, -0.1) is 0 Å². The highest BCUT2D eigenvalue weighted by molar-refractivity contribution is 6.09. The zero-order valence-electron chi connectivity index (χ0n) is 6.01. The van der Waals surface area contributed by atoms with Gasteiger partial charge in [-0.25, -0.2) is 4.39 Å². The Morgan fingerprint density at radius 3 is 3.09 bits per heavy atom. The number of carbonyl (C=O) groups is 1. The highest BCUT2D eigenvalue weighted by Crippen LogP contribution is 2.08. The van der Waals surface area contributed by atoms with E-state index in [1.165, 1.54) is 12.3 Å². The minimum atomic E-state index is -0.452. The second-order valence-electron chi connectivity index (χ2n) is 2.35. The maximum Gasteiger partial charge on any atom is 0.162 e. The van der Waals surface area contributed by atoms with E-state index in [1.54, 1.807) is 0 Å². The molecule has 0 aliphatic carbocycles. The molecule has 3 heteroatoms. The molecule has 0 atom stereocenters. The zero-order valence-corrected chi connectivity index (χ0v) is 6.01. The molecule has 0 saturated heterocycles. The van der Waals surface area contributed by atoms with Crippen molar-refractivity contribution in [2.24, 2.45) is 4.99 Å². The maximum absolute atomic E-state index is 12.2. The summed E-state index contributed by atoms with van der Waals surface area (Å²) in [6.07, 6.45) is 3.07. The van der Waals surface area contributed by atoms with Crippen LogP contribution in [0.15, 0.2) is 29.7 Å². The van der Waals surface area contributed by atoms with Gasteiger partial charge >= 0.3 is 0 Å². The van der Waals surface area contributed by atoms with E-state index in [2.05, 4.69) is 11.6 Å². The molecule has 11 heavy (non-hydrogen) atoms. The number of carbonyl (C=O) groups excluding carboxylic acids is 1. The fraction of sp³-hybridized carbons (Fsp3) is 0.250. The van der Waals surface area contributed by atoms with Gasteiger partial charge in [0.25, 0.3) is 0 Å². The molecular formula is C8H8FNO. The predicted molar refractivity (Wildman–Crippen MR) is 41.1 cm³/mol. The van der Waals surface area contributed by atoms with Gasteiger partial charge in [-0.2, -0.15) is 0 Å². The summed E-state index contributed by atoms with van der Waals surface area (Å²) in [7, 11) is 0. The third-order valence-corrected chi connectivity index (χ3v) is 1.29. The summed E-state index contributed by atoms with van der Waals surface area (Å²) in [5.41, 5.74) is 0.546. The lowest BCUT2D eigenvalue weighted by atomic mass is 10.1. The van der Waals surface area contributed by atoms with Gasteiger partial charge in [0.15, 0.2) is 5.78 Å². The van der Waals surface area contributed by atoms with E-state index in [4.69, 9.17) is 0 Å². The molecule has 1 heterocycles. The number of hydrogen-bond acceptors (Lipinski definition) is 2. The maximum atomic E-state index is 12.2. The van der Waals surface area contributed by atoms with Gasteiger partial charge in [0.1, 0.15) is 0 Å². The highest BCUT2D eigenvalue weighted by Gasteiger charge is 2.09. The molecule has 0 saturated carbocycles. The van der Waals surface area contributed by atoms with E-state index in [0.29, 0.717) is 5.71 Å². The summed E-state index contributed by atoms with van der Waals surface area (Å²) in [5.74, 6) is -0.483. The first-order valence-electron chi connectivity index (χ1n) is 3.26. The number of nitrogens with zero attached hydrogens (tertiary/aromatic N) is 1. The molecule has 0 aromatic rings. The molecule has 0 bridgehead atoms. The largest absolute Gasteiger partial charge is 0.294 e. The average Bonchev–Trinajstić information content (AvgIpc) is 1.85. The predicted octanol–water partition coefficient (Wildman–Crippen LogP) is 1.79. The fourth-order valence-corrected chi connectivity index (χ4v) is 0.861. The minimum Gasteiger partial charge on any atom is -0.294 e. The van der Waals surface area contributed by atoms with E-state index in [1.807, 2.05) is 0 Å². The molecule has 0 aromatic carbocycles. The molecule has 1 rings (SSSR count). The van der Waals surface area contributed by atoms with E-state index >= 15 is 0 Å². The molecule has 0 amide bonds. The van der Waals surface area contributed by atoms with Crippen LogP contribution in [0.3, 0.4) is 0 Å². The number of aliphatic imine (C=N–C) groups is 1. The minimum absolute atomic E-state index is 0.0312. The van der Waals surface area contributed by atoms with Crippen LogP contribution < -0.4 is 0 Å². The number of allylic oxidation sites excluding steroid dienone is 2. The quantitative estimate of drug-likeness (QED) is 0.594. The third-order valence-electron chi connectivity index (χ3n) is 1.29. The topological polar surface area (TPSA) is 29.4 Å². The first-order valence-corrected chi connectivity index (χ1v) is 3.26. The van der Waals surface area contributed by atoms with Crippen LogP contribution in [0, 0.1) is 0 Å². The summed E-state index contributed by atoms with van der Waals surface area (Å²) in [6.45, 7) is 3.09. The Balaban J connectivity index is 2.59. The van der Waals surface area contributed by atoms with E-state index < -0.39 is 5.83 Å². The highest BCUT2D eigenvalue weighted by atomic mass is 19.1. The molecule has 0 N–H and O–H groups in total. The molecule has 2 nitrogen and oxygen atoms in total. The lowest BCUT2D eigenvalue weighted by Gasteiger charge is -2.03. The van der Waals surface area contributed by atoms with Crippen molar-refractivity contribution in [3.8, 4) is 0 Å². The van der Waals surface area contributed by atoms with E-state index in [-0.39, 0.29) is 18.6 Å². The van der Waals surface area contributed by atoms with Crippen LogP contribution in [0.5, 0.6) is 0 Å². The number of halogens is 1. The summed E-state index contributed by atoms with van der Waals surface area (Å²) in [5, 5.41) is 0. The van der Waals surface area contributed by atoms with Gasteiger partial charge in [-0.1, -0.05) is 6.58 Å². The second-order valence-corrected chi connectivity index (χ2v) is 2.35. The monoisotopic (exact) mass is 153 g/mol. The van der Waals surface area contributed by atoms with E-state index in [0.717, 1.165) is 0 Å². The summed E-state index contributed by atoms with van der Waals surface area (Å²) >= 11 is 0. The standard InChI is InChI=1S/C8H8FNO/c1-6(9)4-7-5-8(11)2-3-10-7/h2-3H,1,4-5H2. The molecule has 1 aliphatic heterocycles. The fourth-order valence-electron chi connectivity index (χ4n) is 0.861. The number of hydrogen-bond donors (Lipinski definition) is 0. The van der Waals surface area contributed by atoms with Crippen molar-refractivity contribution >= 4 is 11.5 Å². The van der Waals surface area contributed by atoms with Gasteiger partial charge in [0.2, 0.25) is 0 Å². The Hall–Kier alpha value is -1.25. The number of ketones is 1. The van der Waals surface area contributed by atoms with Crippen molar-refractivity contribution in [1.82, 2.24) is 0 Å². The Bertz CT molecular complexity index is 253. The van der Waals surface area contributed by atoms with Gasteiger partial charge in [0.05, 0.1) is 5.83 Å². The molecule has 0 spiro atoms. The SMILES string of the molecule is C=C(F)CC1=NC=CC(=O)C1. The lowest BCUT2D eigenvalue weighted by molar-refractivity contribution is -0.113. The van der Waals surface area contributed by atoms with Crippen molar-refractivity contribution in [3.05, 3.63) is 24.7 Å². The van der Waals surface area contributed by atoms with E-state index in [9.17, 15) is 9.18 Å². The first-order chi connectivity index (χ1) is 5.18. The Kier molecular flexibility index (Phi) is 2.31. The average molecular weight is 153 g/mol. The van der Waals surface area contributed by atoms with Gasteiger partial charge in [-0.3, -0.25) is 9.79 Å². The third kappa shape index (κ3) is 2.45. The molecule has 0 unspecified atom stereocenters. The van der Waals surface area contributed by atoms with Crippen LogP contribution in [0.1, 0.15) is 12.8 Å². The smallest absolute Gasteiger partial charge is 0.162 e. The van der Waals surface area contributed by atoms with Gasteiger partial charge in [-0.05, 0) is 6.08 Å². The summed E-state index contributed by atoms with van der Waals surface area (Å²) < 4.78 is 12.2. The summed E-state index contributed by atoms with van der Waals surface area (Å²) in [4.78, 5) is 14.6. The van der Waals surface area contributed by atoms with Crippen molar-refractivity contribution in [1.29, 1.82) is 0 Å². The molecule has 58 valence electrons. The Morgan fingerprint density at radius 2 is 2.55 bits per heavy atom. The van der Waals surface area contributed by atoms with Crippen LogP contribution in [0.2, 0.25) is 0 Å². The van der Waals surface area contributed by atoms with Gasteiger partial charge < -0.3 is 0 Å². The van der Waals surface area contributed by atoms with Crippen molar-refractivity contribution < 1.29 is 9.18 Å². The van der Waals surface area contributed by atoms with Crippen LogP contribution in [-0.4, -0.2) is 11.5 Å². The Morgan fingerprint density at radius 1 is 1.82 bits per heavy atom. The molecule has 0 fully saturated rings. The zero-order chi connectivity index (χ0) is 8.27. The van der Waals surface area contributed by atoms with Crippen molar-refractivity contribution in [3.63, 3.8) is 0 Å². The van der Waals surface area contributed by atoms with Crippen LogP contribution >= 0.6 is 0 Å². The van der Waals surface area contributed by atoms with Crippen LogP contribution in [-0.2, 0) is 4.79 Å². The van der Waals surface area contributed by atoms with Crippen molar-refractivity contribution in [2.75, 3.05) is 0 Å². The van der Waals surface area contributed by atoms with Gasteiger partial charge in [0, 0.05) is 24.8 Å². The second kappa shape index (κ2) is 3.23. The molecule has 0 radical (unpaired) electrons. The molecular weight excluding hydrogens is 145 g/mol.